The van der Waals surface area contributed by atoms with Crippen LogP contribution in [-0.4, -0.2) is 10.2 Å². The third kappa shape index (κ3) is 3.94. The second-order valence-corrected chi connectivity index (χ2v) is 10.5. The summed E-state index contributed by atoms with van der Waals surface area (Å²) in [6, 6.07) is 30.1. The first kappa shape index (κ1) is 21.4. The van der Waals surface area contributed by atoms with Crippen molar-refractivity contribution in [2.75, 3.05) is 0 Å². The average molecular weight is 451 g/mol. The van der Waals surface area contributed by atoms with E-state index in [0.29, 0.717) is 11.1 Å². The molecule has 0 radical (unpaired) electrons. The van der Waals surface area contributed by atoms with Crippen LogP contribution in [0.2, 0.25) is 0 Å². The molecule has 0 heterocycles. The standard InChI is InChI=1S/C30H26O2S/c1-30(2,3)21-13-15-22(16-14-21)33-26-18-20-9-5-7-11-24(20)28(29(26)32)27-23-10-6-4-8-19(23)12-17-25(27)31/h4-18,31-32H,1-3H3. The fourth-order valence-electron chi connectivity index (χ4n) is 4.31. The lowest BCUT2D eigenvalue weighted by atomic mass is 9.87. The van der Waals surface area contributed by atoms with Gasteiger partial charge in [-0.05, 0) is 56.8 Å². The highest BCUT2D eigenvalue weighted by atomic mass is 32.2. The molecule has 2 nitrogen and oxygen atoms in total. The first-order valence-corrected chi connectivity index (χ1v) is 11.9. The number of aromatic hydroxyl groups is 2. The van der Waals surface area contributed by atoms with E-state index < -0.39 is 0 Å². The van der Waals surface area contributed by atoms with Crippen LogP contribution in [0, 0.1) is 0 Å². The Morgan fingerprint density at radius 2 is 1.24 bits per heavy atom. The van der Waals surface area contributed by atoms with Crippen LogP contribution >= 0.6 is 11.8 Å². The summed E-state index contributed by atoms with van der Waals surface area (Å²) in [4.78, 5) is 1.82. The third-order valence-electron chi connectivity index (χ3n) is 6.09. The van der Waals surface area contributed by atoms with E-state index in [-0.39, 0.29) is 16.9 Å². The van der Waals surface area contributed by atoms with Crippen molar-refractivity contribution in [3.63, 3.8) is 0 Å². The topological polar surface area (TPSA) is 40.5 Å². The maximum atomic E-state index is 11.5. The van der Waals surface area contributed by atoms with Crippen molar-refractivity contribution >= 4 is 33.3 Å². The van der Waals surface area contributed by atoms with Crippen LogP contribution in [0.4, 0.5) is 0 Å². The Hall–Kier alpha value is -3.43. The Bertz CT molecular complexity index is 1480. The number of rotatable bonds is 3. The molecule has 0 atom stereocenters. The fourth-order valence-corrected chi connectivity index (χ4v) is 5.23. The lowest BCUT2D eigenvalue weighted by molar-refractivity contribution is 0.461. The van der Waals surface area contributed by atoms with Gasteiger partial charge in [0, 0.05) is 16.0 Å². The second-order valence-electron chi connectivity index (χ2n) is 9.38. The van der Waals surface area contributed by atoms with Crippen LogP contribution in [0.15, 0.2) is 101 Å². The molecular weight excluding hydrogens is 424 g/mol. The minimum Gasteiger partial charge on any atom is -0.507 e. The predicted octanol–water partition coefficient (Wildman–Crippen LogP) is 8.52. The van der Waals surface area contributed by atoms with Gasteiger partial charge in [0.05, 0.1) is 4.90 Å². The van der Waals surface area contributed by atoms with Crippen molar-refractivity contribution in [2.45, 2.75) is 36.0 Å². The van der Waals surface area contributed by atoms with Crippen LogP contribution < -0.4 is 0 Å². The first-order chi connectivity index (χ1) is 15.8. The van der Waals surface area contributed by atoms with Crippen LogP contribution in [0.25, 0.3) is 32.7 Å². The zero-order valence-electron chi connectivity index (χ0n) is 19.0. The molecule has 2 N–H and O–H groups in total. The summed E-state index contributed by atoms with van der Waals surface area (Å²) in [5, 5.41) is 26.3. The number of fused-ring (bicyclic) bond motifs is 2. The maximum absolute atomic E-state index is 11.5. The van der Waals surface area contributed by atoms with Crippen LogP contribution in [-0.2, 0) is 5.41 Å². The highest BCUT2D eigenvalue weighted by molar-refractivity contribution is 7.99. The normalized spacial score (nSPS) is 11.8. The molecule has 0 amide bonds. The zero-order valence-corrected chi connectivity index (χ0v) is 19.8. The second kappa shape index (κ2) is 8.17. The Morgan fingerprint density at radius 1 is 0.636 bits per heavy atom. The molecule has 0 aliphatic rings. The van der Waals surface area contributed by atoms with Gasteiger partial charge < -0.3 is 10.2 Å². The Morgan fingerprint density at radius 3 is 1.91 bits per heavy atom. The van der Waals surface area contributed by atoms with E-state index in [1.165, 1.54) is 17.3 Å². The van der Waals surface area contributed by atoms with Crippen molar-refractivity contribution in [3.8, 4) is 22.6 Å². The monoisotopic (exact) mass is 450 g/mol. The number of hydrogen-bond acceptors (Lipinski definition) is 3. The van der Waals surface area contributed by atoms with E-state index in [1.54, 1.807) is 6.07 Å². The van der Waals surface area contributed by atoms with Gasteiger partial charge in [0.15, 0.2) is 0 Å². The molecule has 0 aliphatic carbocycles. The molecule has 0 saturated heterocycles. The van der Waals surface area contributed by atoms with Gasteiger partial charge in [0.1, 0.15) is 11.5 Å². The summed E-state index contributed by atoms with van der Waals surface area (Å²) in [5.41, 5.74) is 2.69. The fraction of sp³-hybridized carbons (Fsp3) is 0.133. The Balaban J connectivity index is 1.72. The van der Waals surface area contributed by atoms with Crippen molar-refractivity contribution in [1.82, 2.24) is 0 Å². The van der Waals surface area contributed by atoms with Gasteiger partial charge in [0.2, 0.25) is 0 Å². The first-order valence-electron chi connectivity index (χ1n) is 11.1. The molecule has 0 unspecified atom stereocenters. The van der Waals surface area contributed by atoms with Crippen LogP contribution in [0.5, 0.6) is 11.5 Å². The van der Waals surface area contributed by atoms with Gasteiger partial charge in [-0.25, -0.2) is 0 Å². The van der Waals surface area contributed by atoms with E-state index in [0.717, 1.165) is 31.3 Å². The van der Waals surface area contributed by atoms with Gasteiger partial charge in [-0.15, -0.1) is 0 Å². The summed E-state index contributed by atoms with van der Waals surface area (Å²) in [5.74, 6) is 0.344. The van der Waals surface area contributed by atoms with Crippen LogP contribution in [0.1, 0.15) is 26.3 Å². The molecule has 5 rings (SSSR count). The molecule has 0 bridgehead atoms. The summed E-state index contributed by atoms with van der Waals surface area (Å²) in [7, 11) is 0. The number of hydrogen-bond donors (Lipinski definition) is 2. The van der Waals surface area contributed by atoms with Crippen molar-refractivity contribution in [3.05, 3.63) is 96.6 Å². The zero-order chi connectivity index (χ0) is 23.2. The van der Waals surface area contributed by atoms with E-state index in [2.05, 4.69) is 45.0 Å². The van der Waals surface area contributed by atoms with Gasteiger partial charge in [-0.2, -0.15) is 0 Å². The van der Waals surface area contributed by atoms with Crippen LogP contribution in [0.3, 0.4) is 0 Å². The highest BCUT2D eigenvalue weighted by Gasteiger charge is 2.20. The highest BCUT2D eigenvalue weighted by Crippen LogP contribution is 2.49. The maximum Gasteiger partial charge on any atom is 0.138 e. The molecule has 33 heavy (non-hydrogen) atoms. The molecule has 0 spiro atoms. The van der Waals surface area contributed by atoms with Gasteiger partial charge in [-0.3, -0.25) is 0 Å². The summed E-state index contributed by atoms with van der Waals surface area (Å²) < 4.78 is 0. The van der Waals surface area contributed by atoms with E-state index in [4.69, 9.17) is 0 Å². The van der Waals surface area contributed by atoms with Gasteiger partial charge in [-0.1, -0.05) is 99.3 Å². The van der Waals surface area contributed by atoms with Gasteiger partial charge in [0.25, 0.3) is 0 Å². The predicted molar refractivity (Wildman–Crippen MR) is 139 cm³/mol. The third-order valence-corrected chi connectivity index (χ3v) is 7.13. The number of benzene rings is 5. The average Bonchev–Trinajstić information content (AvgIpc) is 2.80. The molecule has 3 heteroatoms. The minimum absolute atomic E-state index is 0.0906. The van der Waals surface area contributed by atoms with E-state index in [1.807, 2.05) is 60.7 Å². The smallest absolute Gasteiger partial charge is 0.138 e. The summed E-state index contributed by atoms with van der Waals surface area (Å²) in [6.07, 6.45) is 0. The Labute approximate surface area is 198 Å². The van der Waals surface area contributed by atoms with Gasteiger partial charge >= 0.3 is 0 Å². The lowest BCUT2D eigenvalue weighted by Gasteiger charge is -2.19. The molecule has 5 aromatic carbocycles. The van der Waals surface area contributed by atoms with Crippen molar-refractivity contribution < 1.29 is 10.2 Å². The number of phenolic OH excluding ortho intramolecular Hbond substituents is 2. The molecule has 0 fully saturated rings. The SMILES string of the molecule is CC(C)(C)c1ccc(Sc2cc3ccccc3c(-c3c(O)ccc4ccccc34)c2O)cc1. The van der Waals surface area contributed by atoms with Crippen molar-refractivity contribution in [1.29, 1.82) is 0 Å². The quantitative estimate of drug-likeness (QED) is 0.289. The molecular formula is C30H26O2S. The molecule has 164 valence electrons. The Kier molecular flexibility index (Phi) is 5.30. The van der Waals surface area contributed by atoms with Crippen molar-refractivity contribution in [2.24, 2.45) is 0 Å². The van der Waals surface area contributed by atoms with E-state index >= 15 is 0 Å². The molecule has 0 aliphatic heterocycles. The molecule has 0 aromatic heterocycles. The molecule has 0 saturated carbocycles. The summed E-state index contributed by atoms with van der Waals surface area (Å²) in [6.45, 7) is 6.60. The summed E-state index contributed by atoms with van der Waals surface area (Å²) >= 11 is 1.54. The largest absolute Gasteiger partial charge is 0.507 e. The van der Waals surface area contributed by atoms with E-state index in [9.17, 15) is 10.2 Å². The lowest BCUT2D eigenvalue weighted by Crippen LogP contribution is -2.10. The molecule has 5 aromatic rings. The minimum atomic E-state index is 0.0906. The number of phenols is 2.